The molecule has 0 unspecified atom stereocenters. The molecule has 1 aromatic heterocycles. The molecular formula is C20H15Cl2N3O4. The number of ketones is 1. The Morgan fingerprint density at radius 2 is 2.03 bits per heavy atom. The zero-order valence-corrected chi connectivity index (χ0v) is 16.7. The maximum Gasteiger partial charge on any atom is 0.307 e. The summed E-state index contributed by atoms with van der Waals surface area (Å²) in [6.45, 7) is 0.277. The lowest BCUT2D eigenvalue weighted by atomic mass is 10.1. The normalized spacial score (nSPS) is 11.0. The smallest absolute Gasteiger partial charge is 0.307 e. The number of nitrogens with zero attached hydrogens (tertiary/aromatic N) is 3. The monoisotopic (exact) mass is 431 g/mol. The highest BCUT2D eigenvalue weighted by molar-refractivity contribution is 6.42. The van der Waals surface area contributed by atoms with Crippen molar-refractivity contribution >= 4 is 40.7 Å². The second-order valence-electron chi connectivity index (χ2n) is 6.05. The number of nitro groups is 1. The molecule has 3 rings (SSSR count). The van der Waals surface area contributed by atoms with Crippen molar-refractivity contribution in [1.82, 2.24) is 9.78 Å². The molecule has 1 heterocycles. The summed E-state index contributed by atoms with van der Waals surface area (Å²) in [5, 5.41) is 15.5. The van der Waals surface area contributed by atoms with E-state index in [1.165, 1.54) is 36.3 Å². The van der Waals surface area contributed by atoms with Crippen molar-refractivity contribution in [3.05, 3.63) is 91.7 Å². The van der Waals surface area contributed by atoms with Crippen LogP contribution in [0.3, 0.4) is 0 Å². The molecule has 0 fully saturated rings. The maximum absolute atomic E-state index is 12.4. The van der Waals surface area contributed by atoms with Gasteiger partial charge in [-0.3, -0.25) is 19.6 Å². The molecule has 0 saturated carbocycles. The van der Waals surface area contributed by atoms with E-state index in [0.29, 0.717) is 21.4 Å². The summed E-state index contributed by atoms with van der Waals surface area (Å²) in [5.74, 6) is 0.389. The van der Waals surface area contributed by atoms with Crippen LogP contribution in [-0.2, 0) is 6.54 Å². The van der Waals surface area contributed by atoms with Crippen molar-refractivity contribution in [2.45, 2.75) is 6.54 Å². The van der Waals surface area contributed by atoms with Crippen LogP contribution < -0.4 is 4.74 Å². The minimum Gasteiger partial charge on any atom is -0.496 e. The highest BCUT2D eigenvalue weighted by Gasteiger charge is 2.11. The van der Waals surface area contributed by atoms with Crippen LogP contribution in [-0.4, -0.2) is 27.6 Å². The fourth-order valence-corrected chi connectivity index (χ4v) is 2.95. The zero-order valence-electron chi connectivity index (χ0n) is 15.2. The number of halogens is 2. The molecule has 0 bridgehead atoms. The summed E-state index contributed by atoms with van der Waals surface area (Å²) in [7, 11) is 1.54. The van der Waals surface area contributed by atoms with Gasteiger partial charge in [-0.2, -0.15) is 5.10 Å². The first-order valence-electron chi connectivity index (χ1n) is 8.38. The molecule has 0 aliphatic carbocycles. The molecule has 0 radical (unpaired) electrons. The first-order chi connectivity index (χ1) is 13.9. The van der Waals surface area contributed by atoms with E-state index in [9.17, 15) is 14.9 Å². The zero-order chi connectivity index (χ0) is 21.0. The van der Waals surface area contributed by atoms with Gasteiger partial charge in [-0.1, -0.05) is 35.3 Å². The van der Waals surface area contributed by atoms with E-state index in [1.807, 2.05) is 6.07 Å². The van der Waals surface area contributed by atoms with Crippen molar-refractivity contribution in [3.63, 3.8) is 0 Å². The third kappa shape index (κ3) is 5.01. The Morgan fingerprint density at radius 1 is 1.24 bits per heavy atom. The number of methoxy groups -OCH3 is 1. The van der Waals surface area contributed by atoms with Crippen LogP contribution in [0.25, 0.3) is 6.08 Å². The molecule has 2 aromatic carbocycles. The second kappa shape index (κ2) is 8.89. The Morgan fingerprint density at radius 3 is 2.69 bits per heavy atom. The van der Waals surface area contributed by atoms with Gasteiger partial charge >= 0.3 is 5.69 Å². The Kier molecular flexibility index (Phi) is 6.31. The van der Waals surface area contributed by atoms with Gasteiger partial charge in [0.15, 0.2) is 5.78 Å². The van der Waals surface area contributed by atoms with Gasteiger partial charge in [-0.25, -0.2) is 0 Å². The molecular weight excluding hydrogens is 417 g/mol. The molecule has 148 valence electrons. The first kappa shape index (κ1) is 20.6. The Hall–Kier alpha value is -3.16. The minimum absolute atomic E-state index is 0.0905. The second-order valence-corrected chi connectivity index (χ2v) is 6.87. The number of carbonyl (C=O) groups is 1. The Labute approximate surface area is 176 Å². The minimum atomic E-state index is -0.505. The molecule has 0 amide bonds. The maximum atomic E-state index is 12.4. The van der Waals surface area contributed by atoms with Gasteiger partial charge in [0.05, 0.1) is 28.6 Å². The number of hydrogen-bond acceptors (Lipinski definition) is 5. The largest absolute Gasteiger partial charge is 0.496 e. The number of benzene rings is 2. The third-order valence-corrected chi connectivity index (χ3v) is 4.84. The molecule has 3 aromatic rings. The van der Waals surface area contributed by atoms with E-state index >= 15 is 0 Å². The molecule has 0 N–H and O–H groups in total. The number of ether oxygens (including phenoxy) is 1. The summed E-state index contributed by atoms with van der Waals surface area (Å²) in [6, 6.07) is 10.1. The van der Waals surface area contributed by atoms with Gasteiger partial charge < -0.3 is 4.74 Å². The summed E-state index contributed by atoms with van der Waals surface area (Å²) in [5.41, 5.74) is 1.85. The lowest BCUT2D eigenvalue weighted by molar-refractivity contribution is -0.385. The van der Waals surface area contributed by atoms with Gasteiger partial charge in [-0.15, -0.1) is 0 Å². The van der Waals surface area contributed by atoms with Crippen LogP contribution in [0.5, 0.6) is 5.75 Å². The molecule has 7 nitrogen and oxygen atoms in total. The van der Waals surface area contributed by atoms with Gasteiger partial charge in [0.2, 0.25) is 0 Å². The molecule has 0 saturated heterocycles. The summed E-state index contributed by atoms with van der Waals surface area (Å²) in [4.78, 5) is 22.7. The number of allylic oxidation sites excluding steroid dienone is 1. The molecule has 0 atom stereocenters. The van der Waals surface area contributed by atoms with Crippen LogP contribution in [0.1, 0.15) is 21.5 Å². The van der Waals surface area contributed by atoms with E-state index in [0.717, 1.165) is 11.1 Å². The number of aromatic nitrogens is 2. The summed E-state index contributed by atoms with van der Waals surface area (Å²) < 4.78 is 6.80. The lowest BCUT2D eigenvalue weighted by Gasteiger charge is -2.09. The SMILES string of the molecule is COc1ccc(/C=C/C(=O)c2ccc(Cl)c(Cl)c2)cc1Cn1cc([N+](=O)[O-])cn1. The van der Waals surface area contributed by atoms with Crippen molar-refractivity contribution in [2.24, 2.45) is 0 Å². The van der Waals surface area contributed by atoms with Crippen LogP contribution in [0.2, 0.25) is 10.0 Å². The predicted octanol–water partition coefficient (Wildman–Crippen LogP) is 5.05. The van der Waals surface area contributed by atoms with Crippen LogP contribution in [0.4, 0.5) is 5.69 Å². The van der Waals surface area contributed by atoms with E-state index in [1.54, 1.807) is 30.3 Å². The quantitative estimate of drug-likeness (QED) is 0.226. The molecule has 0 spiro atoms. The van der Waals surface area contributed by atoms with E-state index in [2.05, 4.69) is 5.10 Å². The van der Waals surface area contributed by atoms with Gasteiger partial charge in [0, 0.05) is 11.1 Å². The predicted molar refractivity (Wildman–Crippen MR) is 111 cm³/mol. The number of carbonyl (C=O) groups excluding carboxylic acids is 1. The lowest BCUT2D eigenvalue weighted by Crippen LogP contribution is -2.02. The van der Waals surface area contributed by atoms with Gasteiger partial charge in [0.1, 0.15) is 18.1 Å². The number of hydrogen-bond donors (Lipinski definition) is 0. The number of rotatable bonds is 7. The van der Waals surface area contributed by atoms with E-state index < -0.39 is 4.92 Å². The van der Waals surface area contributed by atoms with E-state index in [-0.39, 0.29) is 18.0 Å². The van der Waals surface area contributed by atoms with Crippen molar-refractivity contribution in [2.75, 3.05) is 7.11 Å². The van der Waals surface area contributed by atoms with Gasteiger partial charge in [0.25, 0.3) is 0 Å². The van der Waals surface area contributed by atoms with Crippen molar-refractivity contribution in [3.8, 4) is 5.75 Å². The summed E-state index contributed by atoms with van der Waals surface area (Å²) in [6.07, 6.45) is 5.63. The molecule has 0 aliphatic heterocycles. The first-order valence-corrected chi connectivity index (χ1v) is 9.14. The Balaban J connectivity index is 1.81. The van der Waals surface area contributed by atoms with E-state index in [4.69, 9.17) is 27.9 Å². The highest BCUT2D eigenvalue weighted by Crippen LogP contribution is 2.24. The van der Waals surface area contributed by atoms with Crippen molar-refractivity contribution in [1.29, 1.82) is 0 Å². The average molecular weight is 432 g/mol. The topological polar surface area (TPSA) is 87.3 Å². The van der Waals surface area contributed by atoms with Gasteiger partial charge in [-0.05, 0) is 42.0 Å². The third-order valence-electron chi connectivity index (χ3n) is 4.10. The van der Waals surface area contributed by atoms with Crippen molar-refractivity contribution < 1.29 is 14.5 Å². The summed E-state index contributed by atoms with van der Waals surface area (Å²) >= 11 is 11.8. The molecule has 9 heteroatoms. The van der Waals surface area contributed by atoms with Crippen LogP contribution >= 0.6 is 23.2 Å². The highest BCUT2D eigenvalue weighted by atomic mass is 35.5. The van der Waals surface area contributed by atoms with Crippen LogP contribution in [0, 0.1) is 10.1 Å². The molecule has 0 aliphatic rings. The fourth-order valence-electron chi connectivity index (χ4n) is 2.65. The van der Waals surface area contributed by atoms with Crippen LogP contribution in [0.15, 0.2) is 54.9 Å². The molecule has 29 heavy (non-hydrogen) atoms. The average Bonchev–Trinajstić information content (AvgIpc) is 3.17. The fraction of sp³-hybridized carbons (Fsp3) is 0.100. The Bertz CT molecular complexity index is 1110. The standard InChI is InChI=1S/C20H15Cl2N3O4/c1-29-20-7-3-13(2-6-19(26)14-4-5-17(21)18(22)9-14)8-15(20)11-24-12-16(10-23-24)25(27)28/h2-10,12H,11H2,1H3/b6-2+.